The molecule has 8 nitrogen and oxygen atoms in total. The molecule has 0 radical (unpaired) electrons. The van der Waals surface area contributed by atoms with Crippen LogP contribution in [0, 0.1) is 9.39 Å². The van der Waals surface area contributed by atoms with Crippen molar-refractivity contribution in [2.24, 2.45) is 14.1 Å². The van der Waals surface area contributed by atoms with Gasteiger partial charge in [0.2, 0.25) is 0 Å². The molecule has 2 aromatic rings. The summed E-state index contributed by atoms with van der Waals surface area (Å²) in [5, 5.41) is 5.91. The van der Waals surface area contributed by atoms with E-state index in [2.05, 4.69) is 10.6 Å². The predicted octanol–water partition coefficient (Wildman–Crippen LogP) is 0.617. The molecule has 1 fully saturated rings. The standard InChI is InChI=1S/C17H19FIN5O3/c1-22-14(21-12-4-3-10(19)9-11(12)18)13(15(25)23(2)17(22)27)16(26)24-7-5-20-6-8-24/h3-4,9,20-21H,5-8H2,1-2H3. The van der Waals surface area contributed by atoms with Crippen molar-refractivity contribution in [2.75, 3.05) is 31.5 Å². The first kappa shape index (κ1) is 19.5. The summed E-state index contributed by atoms with van der Waals surface area (Å²) in [5.41, 5.74) is -1.42. The second-order valence-corrected chi connectivity index (χ2v) is 7.47. The van der Waals surface area contributed by atoms with Gasteiger partial charge in [0.1, 0.15) is 17.2 Å². The number of nitrogens with zero attached hydrogens (tertiary/aromatic N) is 3. The Balaban J connectivity index is 2.15. The van der Waals surface area contributed by atoms with Gasteiger partial charge in [0.15, 0.2) is 0 Å². The molecule has 0 spiro atoms. The maximum Gasteiger partial charge on any atom is 0.332 e. The van der Waals surface area contributed by atoms with Gasteiger partial charge in [-0.25, -0.2) is 9.18 Å². The Morgan fingerprint density at radius 2 is 1.85 bits per heavy atom. The summed E-state index contributed by atoms with van der Waals surface area (Å²) in [6, 6.07) is 4.50. The maximum absolute atomic E-state index is 14.3. The first-order chi connectivity index (χ1) is 12.8. The molecule has 0 atom stereocenters. The zero-order valence-corrected chi connectivity index (χ0v) is 17.0. The van der Waals surface area contributed by atoms with Gasteiger partial charge in [-0.2, -0.15) is 0 Å². The maximum atomic E-state index is 14.3. The molecule has 1 aliphatic rings. The van der Waals surface area contributed by atoms with Crippen LogP contribution in [0.15, 0.2) is 27.8 Å². The largest absolute Gasteiger partial charge is 0.338 e. The zero-order chi connectivity index (χ0) is 19.7. The molecule has 1 amide bonds. The molecule has 1 aromatic heterocycles. The van der Waals surface area contributed by atoms with E-state index in [9.17, 15) is 18.8 Å². The highest BCUT2D eigenvalue weighted by Crippen LogP contribution is 2.23. The highest BCUT2D eigenvalue weighted by molar-refractivity contribution is 14.1. The molecule has 2 heterocycles. The summed E-state index contributed by atoms with van der Waals surface area (Å²) in [7, 11) is 2.75. The predicted molar refractivity (Wildman–Crippen MR) is 108 cm³/mol. The summed E-state index contributed by atoms with van der Waals surface area (Å²) < 4.78 is 17.0. The highest BCUT2D eigenvalue weighted by atomic mass is 127. The number of piperazine rings is 1. The Kier molecular flexibility index (Phi) is 5.65. The van der Waals surface area contributed by atoms with Crippen molar-refractivity contribution >= 4 is 40.0 Å². The van der Waals surface area contributed by atoms with E-state index < -0.39 is 23.0 Å². The Morgan fingerprint density at radius 3 is 2.48 bits per heavy atom. The van der Waals surface area contributed by atoms with Crippen LogP contribution in [-0.2, 0) is 14.1 Å². The number of nitrogens with one attached hydrogen (secondary N) is 2. The van der Waals surface area contributed by atoms with E-state index in [0.29, 0.717) is 29.7 Å². The van der Waals surface area contributed by atoms with Crippen molar-refractivity contribution < 1.29 is 9.18 Å². The van der Waals surface area contributed by atoms with E-state index in [0.717, 1.165) is 9.13 Å². The zero-order valence-electron chi connectivity index (χ0n) is 14.9. The third kappa shape index (κ3) is 3.76. The van der Waals surface area contributed by atoms with Gasteiger partial charge in [-0.05, 0) is 40.8 Å². The molecule has 27 heavy (non-hydrogen) atoms. The lowest BCUT2D eigenvalue weighted by Crippen LogP contribution is -2.50. The molecule has 0 saturated carbocycles. The van der Waals surface area contributed by atoms with Crippen molar-refractivity contribution in [2.45, 2.75) is 0 Å². The number of carbonyl (C=O) groups excluding carboxylic acids is 1. The van der Waals surface area contributed by atoms with E-state index in [1.165, 1.54) is 26.2 Å². The van der Waals surface area contributed by atoms with Crippen molar-refractivity contribution in [3.8, 4) is 0 Å². The molecule has 0 unspecified atom stereocenters. The van der Waals surface area contributed by atoms with Crippen molar-refractivity contribution in [1.29, 1.82) is 0 Å². The van der Waals surface area contributed by atoms with Crippen LogP contribution >= 0.6 is 22.6 Å². The average Bonchev–Trinajstić information content (AvgIpc) is 2.66. The summed E-state index contributed by atoms with van der Waals surface area (Å²) in [6.45, 7) is 2.13. The molecule has 144 valence electrons. The third-order valence-corrected chi connectivity index (χ3v) is 5.14. The number of hydrogen-bond donors (Lipinski definition) is 2. The minimum atomic E-state index is -0.713. The number of anilines is 2. The minimum absolute atomic E-state index is 0.0215. The van der Waals surface area contributed by atoms with Gasteiger partial charge in [0.25, 0.3) is 11.5 Å². The highest BCUT2D eigenvalue weighted by Gasteiger charge is 2.27. The van der Waals surface area contributed by atoms with Crippen LogP contribution in [0.3, 0.4) is 0 Å². The summed E-state index contributed by atoms with van der Waals surface area (Å²) in [6.07, 6.45) is 0. The number of carbonyl (C=O) groups is 1. The minimum Gasteiger partial charge on any atom is -0.338 e. The Labute approximate surface area is 168 Å². The summed E-state index contributed by atoms with van der Waals surface area (Å²) >= 11 is 1.98. The van der Waals surface area contributed by atoms with Crippen LogP contribution in [-0.4, -0.2) is 46.1 Å². The van der Waals surface area contributed by atoms with E-state index in [1.807, 2.05) is 22.6 Å². The molecule has 2 N–H and O–H groups in total. The molecular formula is C17H19FIN5O3. The van der Waals surface area contributed by atoms with Gasteiger partial charge in [0.05, 0.1) is 5.69 Å². The fourth-order valence-corrected chi connectivity index (χ4v) is 3.38. The van der Waals surface area contributed by atoms with Crippen LogP contribution in [0.25, 0.3) is 0 Å². The Bertz CT molecular complexity index is 1010. The van der Waals surface area contributed by atoms with E-state index in [-0.39, 0.29) is 17.1 Å². The van der Waals surface area contributed by atoms with Crippen molar-refractivity contribution in [1.82, 2.24) is 19.4 Å². The van der Waals surface area contributed by atoms with Gasteiger partial charge in [0, 0.05) is 43.8 Å². The fourth-order valence-electron chi connectivity index (χ4n) is 2.93. The van der Waals surface area contributed by atoms with Crippen LogP contribution in [0.4, 0.5) is 15.9 Å². The lowest BCUT2D eigenvalue weighted by atomic mass is 10.2. The topological polar surface area (TPSA) is 88.4 Å². The second-order valence-electron chi connectivity index (χ2n) is 6.22. The number of amides is 1. The Hall–Kier alpha value is -2.21. The lowest BCUT2D eigenvalue weighted by Gasteiger charge is -2.28. The molecule has 0 aliphatic carbocycles. The van der Waals surface area contributed by atoms with Crippen LogP contribution in [0.1, 0.15) is 10.4 Å². The van der Waals surface area contributed by atoms with Gasteiger partial charge in [-0.1, -0.05) is 0 Å². The lowest BCUT2D eigenvalue weighted by molar-refractivity contribution is 0.0733. The van der Waals surface area contributed by atoms with E-state index in [4.69, 9.17) is 0 Å². The molecule has 1 aliphatic heterocycles. The average molecular weight is 487 g/mol. The van der Waals surface area contributed by atoms with Crippen molar-refractivity contribution in [3.05, 3.63) is 54.0 Å². The molecule has 10 heteroatoms. The monoisotopic (exact) mass is 487 g/mol. The molecule has 0 bridgehead atoms. The summed E-state index contributed by atoms with van der Waals surface area (Å²) in [5.74, 6) is -1.05. The second kappa shape index (κ2) is 7.80. The van der Waals surface area contributed by atoms with Crippen LogP contribution in [0.5, 0.6) is 0 Å². The molecule has 1 saturated heterocycles. The first-order valence-electron chi connectivity index (χ1n) is 8.33. The van der Waals surface area contributed by atoms with Gasteiger partial charge >= 0.3 is 5.69 Å². The number of benzene rings is 1. The van der Waals surface area contributed by atoms with E-state index >= 15 is 0 Å². The normalized spacial score (nSPS) is 14.3. The number of rotatable bonds is 3. The molecule has 3 rings (SSSR count). The Morgan fingerprint density at radius 1 is 1.19 bits per heavy atom. The van der Waals surface area contributed by atoms with Gasteiger partial charge < -0.3 is 15.5 Å². The van der Waals surface area contributed by atoms with Gasteiger partial charge in [-0.15, -0.1) is 0 Å². The van der Waals surface area contributed by atoms with Gasteiger partial charge in [-0.3, -0.25) is 18.7 Å². The van der Waals surface area contributed by atoms with E-state index in [1.54, 1.807) is 11.0 Å². The van der Waals surface area contributed by atoms with Crippen LogP contribution in [0.2, 0.25) is 0 Å². The SMILES string of the molecule is Cn1c(Nc2ccc(I)cc2F)c(C(=O)N2CCNCC2)c(=O)n(C)c1=O. The van der Waals surface area contributed by atoms with Crippen molar-refractivity contribution in [3.63, 3.8) is 0 Å². The fraction of sp³-hybridized carbons (Fsp3) is 0.353. The number of aromatic nitrogens is 2. The first-order valence-corrected chi connectivity index (χ1v) is 9.41. The number of hydrogen-bond acceptors (Lipinski definition) is 5. The summed E-state index contributed by atoms with van der Waals surface area (Å²) in [4.78, 5) is 39.6. The molecule has 1 aromatic carbocycles. The quantitative estimate of drug-likeness (QED) is 0.620. The van der Waals surface area contributed by atoms with Crippen LogP contribution < -0.4 is 21.9 Å². The third-order valence-electron chi connectivity index (χ3n) is 4.47. The smallest absolute Gasteiger partial charge is 0.332 e. The number of halogens is 2. The molecular weight excluding hydrogens is 468 g/mol.